The van der Waals surface area contributed by atoms with Gasteiger partial charge in [-0.1, -0.05) is 49.4 Å². The molecule has 0 bridgehead atoms. The zero-order valence-corrected chi connectivity index (χ0v) is 17.1. The third-order valence-electron chi connectivity index (χ3n) is 5.37. The average molecular weight is 413 g/mol. The number of aryl methyl sites for hydroxylation is 1. The molecule has 2 aromatic carbocycles. The van der Waals surface area contributed by atoms with Crippen molar-refractivity contribution in [1.82, 2.24) is 5.32 Å². The van der Waals surface area contributed by atoms with E-state index in [2.05, 4.69) is 12.2 Å². The molecule has 7 nitrogen and oxygen atoms in total. The summed E-state index contributed by atoms with van der Waals surface area (Å²) in [4.78, 5) is 11.8. The largest absolute Gasteiger partial charge is 0.463 e. The average Bonchev–Trinajstić information content (AvgIpc) is 2.77. The van der Waals surface area contributed by atoms with Crippen LogP contribution in [0.2, 0.25) is 0 Å². The molecule has 160 valence electrons. The van der Waals surface area contributed by atoms with Crippen molar-refractivity contribution in [3.8, 4) is 5.75 Å². The fourth-order valence-corrected chi connectivity index (χ4v) is 3.83. The van der Waals surface area contributed by atoms with Crippen LogP contribution in [0, 0.1) is 0 Å². The number of carbonyl (C=O) groups is 1. The van der Waals surface area contributed by atoms with Crippen LogP contribution in [0.1, 0.15) is 31.3 Å². The molecular weight excluding hydrogens is 386 g/mol. The van der Waals surface area contributed by atoms with Crippen molar-refractivity contribution in [1.29, 1.82) is 0 Å². The first-order valence-corrected chi connectivity index (χ1v) is 10.2. The molecule has 2 aliphatic rings. The van der Waals surface area contributed by atoms with Crippen LogP contribution in [-0.2, 0) is 25.4 Å². The molecule has 2 aromatic rings. The van der Waals surface area contributed by atoms with Crippen LogP contribution in [0.4, 0.5) is 0 Å². The molecule has 0 unspecified atom stereocenters. The summed E-state index contributed by atoms with van der Waals surface area (Å²) < 4.78 is 24.0. The molecule has 1 amide bonds. The van der Waals surface area contributed by atoms with Gasteiger partial charge in [0.1, 0.15) is 30.1 Å². The second-order valence-corrected chi connectivity index (χ2v) is 7.56. The molecule has 2 saturated heterocycles. The van der Waals surface area contributed by atoms with E-state index < -0.39 is 36.9 Å². The first-order chi connectivity index (χ1) is 14.5. The van der Waals surface area contributed by atoms with Gasteiger partial charge in [-0.25, -0.2) is 0 Å². The predicted octanol–water partition coefficient (Wildman–Crippen LogP) is 2.33. The molecular formula is C23H27NO6. The second-order valence-electron chi connectivity index (χ2n) is 7.56. The number of hydrogen-bond acceptors (Lipinski definition) is 6. The highest BCUT2D eigenvalue weighted by Crippen LogP contribution is 2.34. The summed E-state index contributed by atoms with van der Waals surface area (Å²) in [6.07, 6.45) is -2.83. The standard InChI is InChI=1S/C23H27NO6/c1-3-15-8-7-11-17(12-15)28-23-19(24-14(2)25)20(26)21-18(29-23)13-27-22(30-21)16-9-5-4-6-10-16/h4-12,18-23,26H,3,13H2,1-2H3,(H,24,25)/t18-,19+,20-,21+,22+,23-/m1/s1. The lowest BCUT2D eigenvalue weighted by Crippen LogP contribution is -2.67. The van der Waals surface area contributed by atoms with Crippen molar-refractivity contribution in [2.24, 2.45) is 0 Å². The Morgan fingerprint density at radius 3 is 2.70 bits per heavy atom. The number of aliphatic hydroxyl groups is 1. The molecule has 0 radical (unpaired) electrons. The van der Waals surface area contributed by atoms with Crippen molar-refractivity contribution < 1.29 is 28.8 Å². The van der Waals surface area contributed by atoms with Crippen LogP contribution >= 0.6 is 0 Å². The van der Waals surface area contributed by atoms with Gasteiger partial charge in [0.2, 0.25) is 12.2 Å². The van der Waals surface area contributed by atoms with Gasteiger partial charge in [0.25, 0.3) is 0 Å². The number of fused-ring (bicyclic) bond motifs is 1. The van der Waals surface area contributed by atoms with Crippen LogP contribution in [0.25, 0.3) is 0 Å². The minimum Gasteiger partial charge on any atom is -0.463 e. The van der Waals surface area contributed by atoms with E-state index in [-0.39, 0.29) is 12.5 Å². The van der Waals surface area contributed by atoms with Crippen LogP contribution in [0.5, 0.6) is 5.75 Å². The van der Waals surface area contributed by atoms with Crippen LogP contribution in [-0.4, -0.2) is 48.3 Å². The Morgan fingerprint density at radius 2 is 1.97 bits per heavy atom. The third kappa shape index (κ3) is 4.49. The molecule has 6 atom stereocenters. The van der Waals surface area contributed by atoms with Crippen LogP contribution in [0.15, 0.2) is 54.6 Å². The quantitative estimate of drug-likeness (QED) is 0.783. The molecule has 7 heteroatoms. The molecule has 0 aromatic heterocycles. The summed E-state index contributed by atoms with van der Waals surface area (Å²) in [5.74, 6) is 0.323. The maximum absolute atomic E-state index is 11.8. The molecule has 2 heterocycles. The number of amides is 1. The number of benzene rings is 2. The maximum Gasteiger partial charge on any atom is 0.223 e. The number of hydrogen-bond donors (Lipinski definition) is 2. The summed E-state index contributed by atoms with van der Waals surface area (Å²) in [6.45, 7) is 3.69. The number of nitrogens with one attached hydrogen (secondary N) is 1. The molecule has 30 heavy (non-hydrogen) atoms. The molecule has 2 aliphatic heterocycles. The maximum atomic E-state index is 11.8. The normalized spacial score (nSPS) is 30.9. The van der Waals surface area contributed by atoms with Gasteiger partial charge in [0, 0.05) is 12.5 Å². The van der Waals surface area contributed by atoms with Crippen molar-refractivity contribution in [2.45, 2.75) is 57.2 Å². The van der Waals surface area contributed by atoms with Gasteiger partial charge in [-0.2, -0.15) is 0 Å². The van der Waals surface area contributed by atoms with Gasteiger partial charge in [0.05, 0.1) is 6.61 Å². The number of rotatable bonds is 5. The summed E-state index contributed by atoms with van der Waals surface area (Å²) in [7, 11) is 0. The van der Waals surface area contributed by atoms with Gasteiger partial charge in [-0.15, -0.1) is 0 Å². The topological polar surface area (TPSA) is 86.2 Å². The molecule has 2 fully saturated rings. The lowest BCUT2D eigenvalue weighted by atomic mass is 9.95. The summed E-state index contributed by atoms with van der Waals surface area (Å²) in [5, 5.41) is 13.8. The van der Waals surface area contributed by atoms with E-state index in [9.17, 15) is 9.90 Å². The molecule has 0 aliphatic carbocycles. The first kappa shape index (κ1) is 20.8. The van der Waals surface area contributed by atoms with Crippen LogP contribution < -0.4 is 10.1 Å². The van der Waals surface area contributed by atoms with Gasteiger partial charge in [-0.3, -0.25) is 4.79 Å². The monoisotopic (exact) mass is 413 g/mol. The Hall–Kier alpha value is -2.45. The number of carbonyl (C=O) groups excluding carboxylic acids is 1. The molecule has 0 spiro atoms. The highest BCUT2D eigenvalue weighted by Gasteiger charge is 2.50. The predicted molar refractivity (Wildman–Crippen MR) is 109 cm³/mol. The molecule has 0 saturated carbocycles. The van der Waals surface area contributed by atoms with Crippen molar-refractivity contribution in [2.75, 3.05) is 6.61 Å². The third-order valence-corrected chi connectivity index (χ3v) is 5.37. The molecule has 4 rings (SSSR count). The van der Waals surface area contributed by atoms with Crippen molar-refractivity contribution in [3.63, 3.8) is 0 Å². The fourth-order valence-electron chi connectivity index (χ4n) is 3.83. The smallest absolute Gasteiger partial charge is 0.223 e. The van der Waals surface area contributed by atoms with E-state index in [0.717, 1.165) is 17.5 Å². The minimum absolute atomic E-state index is 0.239. The van der Waals surface area contributed by atoms with Crippen LogP contribution in [0.3, 0.4) is 0 Å². The Morgan fingerprint density at radius 1 is 1.17 bits per heavy atom. The highest BCUT2D eigenvalue weighted by atomic mass is 16.7. The van der Waals surface area contributed by atoms with Gasteiger partial charge in [0.15, 0.2) is 6.29 Å². The Bertz CT molecular complexity index is 860. The van der Waals surface area contributed by atoms with Crippen molar-refractivity contribution in [3.05, 3.63) is 65.7 Å². The van der Waals surface area contributed by atoms with E-state index in [4.69, 9.17) is 18.9 Å². The van der Waals surface area contributed by atoms with E-state index in [0.29, 0.717) is 5.75 Å². The zero-order chi connectivity index (χ0) is 21.1. The minimum atomic E-state index is -1.03. The SMILES string of the molecule is CCc1cccc(O[C@@H]2O[C@@H]3CO[C@H](c4ccccc4)O[C@@H]3[C@H](O)[C@@H]2NC(C)=O)c1. The number of aliphatic hydroxyl groups excluding tert-OH is 1. The zero-order valence-electron chi connectivity index (χ0n) is 17.1. The van der Waals surface area contributed by atoms with Crippen molar-refractivity contribution >= 4 is 5.91 Å². The summed E-state index contributed by atoms with van der Waals surface area (Å²) >= 11 is 0. The first-order valence-electron chi connectivity index (χ1n) is 10.2. The van der Waals surface area contributed by atoms with Gasteiger partial charge >= 0.3 is 0 Å². The highest BCUT2D eigenvalue weighted by molar-refractivity contribution is 5.73. The lowest BCUT2D eigenvalue weighted by molar-refractivity contribution is -0.333. The second kappa shape index (κ2) is 9.14. The Labute approximate surface area is 175 Å². The summed E-state index contributed by atoms with van der Waals surface area (Å²) in [5.41, 5.74) is 1.97. The Kier molecular flexibility index (Phi) is 6.34. The van der Waals surface area contributed by atoms with E-state index >= 15 is 0 Å². The van der Waals surface area contributed by atoms with E-state index in [1.807, 2.05) is 54.6 Å². The summed E-state index contributed by atoms with van der Waals surface area (Å²) in [6, 6.07) is 16.4. The molecule has 2 N–H and O–H groups in total. The van der Waals surface area contributed by atoms with Gasteiger partial charge in [-0.05, 0) is 24.1 Å². The lowest BCUT2D eigenvalue weighted by Gasteiger charge is -2.47. The number of ether oxygens (including phenoxy) is 4. The van der Waals surface area contributed by atoms with E-state index in [1.54, 1.807) is 0 Å². The Balaban J connectivity index is 1.53. The van der Waals surface area contributed by atoms with E-state index in [1.165, 1.54) is 6.92 Å². The van der Waals surface area contributed by atoms with Gasteiger partial charge < -0.3 is 29.4 Å². The fraction of sp³-hybridized carbons (Fsp3) is 0.435.